The van der Waals surface area contributed by atoms with E-state index in [-0.39, 0.29) is 5.91 Å². The molecule has 1 fully saturated rings. The zero-order chi connectivity index (χ0) is 8.55. The maximum absolute atomic E-state index is 11.4. The number of nitrogens with one attached hydrogen (secondary N) is 2. The molecule has 1 heterocycles. The van der Waals surface area contributed by atoms with E-state index in [4.69, 9.17) is 0 Å². The molecule has 1 amide bonds. The van der Waals surface area contributed by atoms with Gasteiger partial charge in [-0.2, -0.15) is 0 Å². The number of nitrogens with zero attached hydrogens (tertiary/aromatic N) is 1. The van der Waals surface area contributed by atoms with Gasteiger partial charge in [-0.05, 0) is 19.8 Å². The molecule has 0 aliphatic heterocycles. The molecule has 1 aliphatic carbocycles. The minimum atomic E-state index is -0.0590. The first-order chi connectivity index (χ1) is 5.77. The van der Waals surface area contributed by atoms with Gasteiger partial charge in [0.05, 0.1) is 6.33 Å². The highest BCUT2D eigenvalue weighted by Gasteiger charge is 2.25. The molecule has 12 heavy (non-hydrogen) atoms. The summed E-state index contributed by atoms with van der Waals surface area (Å²) in [7, 11) is 0. The number of imidazole rings is 1. The lowest BCUT2D eigenvalue weighted by Crippen LogP contribution is -2.26. The maximum atomic E-state index is 11.4. The Morgan fingerprint density at radius 2 is 2.50 bits per heavy atom. The highest BCUT2D eigenvalue weighted by Crippen LogP contribution is 2.19. The molecule has 0 unspecified atom stereocenters. The first-order valence-corrected chi connectivity index (χ1v) is 4.08. The lowest BCUT2D eigenvalue weighted by molar-refractivity contribution is 0.0946. The van der Waals surface area contributed by atoms with Gasteiger partial charge in [-0.15, -0.1) is 0 Å². The molecular weight excluding hydrogens is 154 g/mol. The zero-order valence-corrected chi connectivity index (χ0v) is 6.92. The van der Waals surface area contributed by atoms with Gasteiger partial charge in [-0.3, -0.25) is 4.79 Å². The third kappa shape index (κ3) is 1.32. The van der Waals surface area contributed by atoms with Gasteiger partial charge in [0.25, 0.3) is 5.91 Å². The molecule has 1 aromatic rings. The van der Waals surface area contributed by atoms with E-state index in [0.717, 1.165) is 18.5 Å². The van der Waals surface area contributed by atoms with Crippen molar-refractivity contribution in [2.75, 3.05) is 0 Å². The van der Waals surface area contributed by atoms with E-state index in [2.05, 4.69) is 15.3 Å². The van der Waals surface area contributed by atoms with E-state index in [1.807, 2.05) is 6.92 Å². The van der Waals surface area contributed by atoms with Crippen molar-refractivity contribution in [2.45, 2.75) is 25.8 Å². The van der Waals surface area contributed by atoms with Crippen molar-refractivity contribution in [3.8, 4) is 0 Å². The van der Waals surface area contributed by atoms with Crippen molar-refractivity contribution < 1.29 is 4.79 Å². The zero-order valence-electron chi connectivity index (χ0n) is 6.92. The first-order valence-electron chi connectivity index (χ1n) is 4.08. The number of carbonyl (C=O) groups excluding carboxylic acids is 1. The summed E-state index contributed by atoms with van der Waals surface area (Å²) in [4.78, 5) is 18.2. The number of hydrogen-bond donors (Lipinski definition) is 2. The molecule has 0 spiro atoms. The molecule has 0 saturated heterocycles. The van der Waals surface area contributed by atoms with Crippen molar-refractivity contribution in [2.24, 2.45) is 0 Å². The normalized spacial score (nSPS) is 16.1. The van der Waals surface area contributed by atoms with E-state index < -0.39 is 0 Å². The Hall–Kier alpha value is -1.32. The minimum absolute atomic E-state index is 0.0590. The molecule has 0 atom stereocenters. The second-order valence-electron chi connectivity index (χ2n) is 3.12. The monoisotopic (exact) mass is 165 g/mol. The fourth-order valence-electron chi connectivity index (χ4n) is 1.07. The number of rotatable bonds is 2. The van der Waals surface area contributed by atoms with Gasteiger partial charge in [-0.25, -0.2) is 4.98 Å². The number of H-pyrrole nitrogens is 1. The van der Waals surface area contributed by atoms with Crippen LogP contribution >= 0.6 is 0 Å². The van der Waals surface area contributed by atoms with Gasteiger partial charge >= 0.3 is 0 Å². The van der Waals surface area contributed by atoms with Crippen LogP contribution in [-0.4, -0.2) is 21.9 Å². The van der Waals surface area contributed by atoms with E-state index in [1.165, 1.54) is 6.33 Å². The van der Waals surface area contributed by atoms with Gasteiger partial charge in [0.1, 0.15) is 5.69 Å². The molecule has 4 nitrogen and oxygen atoms in total. The molecule has 0 radical (unpaired) electrons. The Morgan fingerprint density at radius 3 is 3.00 bits per heavy atom. The van der Waals surface area contributed by atoms with Crippen LogP contribution in [0.1, 0.15) is 29.0 Å². The summed E-state index contributed by atoms with van der Waals surface area (Å²) in [5.74, 6) is -0.0590. The molecule has 1 saturated carbocycles. The summed E-state index contributed by atoms with van der Waals surface area (Å²) in [6.07, 6.45) is 3.75. The fraction of sp³-hybridized carbons (Fsp3) is 0.500. The van der Waals surface area contributed by atoms with Gasteiger partial charge in [0.15, 0.2) is 0 Å². The van der Waals surface area contributed by atoms with Gasteiger partial charge in [-0.1, -0.05) is 0 Å². The van der Waals surface area contributed by atoms with Crippen LogP contribution in [0.4, 0.5) is 0 Å². The second kappa shape index (κ2) is 2.62. The van der Waals surface area contributed by atoms with Crippen molar-refractivity contribution in [1.29, 1.82) is 0 Å². The lowest BCUT2D eigenvalue weighted by Gasteiger charge is -1.99. The Kier molecular flexibility index (Phi) is 1.60. The highest BCUT2D eigenvalue weighted by atomic mass is 16.2. The van der Waals surface area contributed by atoms with Gasteiger partial charge in [0, 0.05) is 11.7 Å². The summed E-state index contributed by atoms with van der Waals surface area (Å²) in [5, 5.41) is 2.88. The third-order valence-corrected chi connectivity index (χ3v) is 1.96. The second-order valence-corrected chi connectivity index (χ2v) is 3.12. The van der Waals surface area contributed by atoms with Crippen LogP contribution in [0.15, 0.2) is 6.33 Å². The Morgan fingerprint density at radius 1 is 1.75 bits per heavy atom. The fourth-order valence-corrected chi connectivity index (χ4v) is 1.07. The molecule has 0 aromatic carbocycles. The molecule has 1 aliphatic rings. The molecule has 2 N–H and O–H groups in total. The van der Waals surface area contributed by atoms with E-state index in [1.54, 1.807) is 0 Å². The van der Waals surface area contributed by atoms with Gasteiger partial charge < -0.3 is 10.3 Å². The molecule has 1 aromatic heterocycles. The Balaban J connectivity index is 2.07. The number of aromatic nitrogens is 2. The van der Waals surface area contributed by atoms with Crippen LogP contribution in [0.2, 0.25) is 0 Å². The van der Waals surface area contributed by atoms with Gasteiger partial charge in [0.2, 0.25) is 0 Å². The summed E-state index contributed by atoms with van der Waals surface area (Å²) in [5.41, 5.74) is 1.34. The smallest absolute Gasteiger partial charge is 0.271 e. The van der Waals surface area contributed by atoms with Crippen molar-refractivity contribution in [1.82, 2.24) is 15.3 Å². The van der Waals surface area contributed by atoms with Crippen LogP contribution < -0.4 is 5.32 Å². The number of carbonyl (C=O) groups is 1. The lowest BCUT2D eigenvalue weighted by atomic mass is 10.3. The third-order valence-electron chi connectivity index (χ3n) is 1.96. The van der Waals surface area contributed by atoms with Crippen LogP contribution in [0.25, 0.3) is 0 Å². The molecule has 64 valence electrons. The Bertz CT molecular complexity index is 301. The average Bonchev–Trinajstić information content (AvgIpc) is 2.72. The number of aryl methyl sites for hydroxylation is 1. The van der Waals surface area contributed by atoms with Crippen molar-refractivity contribution >= 4 is 5.91 Å². The highest BCUT2D eigenvalue weighted by molar-refractivity contribution is 5.93. The summed E-state index contributed by atoms with van der Waals surface area (Å²) in [6, 6.07) is 0.397. The van der Waals surface area contributed by atoms with Crippen molar-refractivity contribution in [3.63, 3.8) is 0 Å². The van der Waals surface area contributed by atoms with Crippen LogP contribution in [-0.2, 0) is 0 Å². The van der Waals surface area contributed by atoms with E-state index in [0.29, 0.717) is 11.7 Å². The largest absolute Gasteiger partial charge is 0.348 e. The predicted octanol–water partition coefficient (Wildman–Crippen LogP) is 0.610. The quantitative estimate of drug-likeness (QED) is 0.674. The van der Waals surface area contributed by atoms with Crippen LogP contribution in [0.5, 0.6) is 0 Å². The first kappa shape index (κ1) is 7.34. The molecule has 0 bridgehead atoms. The SMILES string of the molecule is Cc1[nH]cnc1C(=O)NC1CC1. The molecule has 2 rings (SSSR count). The maximum Gasteiger partial charge on any atom is 0.271 e. The molecule has 4 heteroatoms. The standard InChI is InChI=1S/C8H11N3O/c1-5-7(10-4-9-5)8(12)11-6-2-3-6/h4,6H,2-3H2,1H3,(H,9,10)(H,11,12). The number of amides is 1. The summed E-state index contributed by atoms with van der Waals surface area (Å²) in [6.45, 7) is 1.84. The average molecular weight is 165 g/mol. The minimum Gasteiger partial charge on any atom is -0.348 e. The molecular formula is C8H11N3O. The summed E-state index contributed by atoms with van der Waals surface area (Å²) >= 11 is 0. The Labute approximate surface area is 70.4 Å². The number of hydrogen-bond acceptors (Lipinski definition) is 2. The van der Waals surface area contributed by atoms with Crippen LogP contribution in [0.3, 0.4) is 0 Å². The summed E-state index contributed by atoms with van der Waals surface area (Å²) < 4.78 is 0. The van der Waals surface area contributed by atoms with Crippen molar-refractivity contribution in [3.05, 3.63) is 17.7 Å². The van der Waals surface area contributed by atoms with E-state index in [9.17, 15) is 4.79 Å². The van der Waals surface area contributed by atoms with Crippen LogP contribution in [0, 0.1) is 6.92 Å². The number of aromatic amines is 1. The van der Waals surface area contributed by atoms with E-state index >= 15 is 0 Å². The predicted molar refractivity (Wildman–Crippen MR) is 43.8 cm³/mol. The topological polar surface area (TPSA) is 57.8 Å².